The molecule has 2 heterocycles. The lowest BCUT2D eigenvalue weighted by atomic mass is 9.80. The summed E-state index contributed by atoms with van der Waals surface area (Å²) in [6, 6.07) is 0.806. The summed E-state index contributed by atoms with van der Waals surface area (Å²) in [7, 11) is 0. The number of fused-ring (bicyclic) bond motifs is 1. The Morgan fingerprint density at radius 3 is 2.85 bits per heavy atom. The number of carbonyl (C=O) groups is 1. The number of hydrogen-bond acceptors (Lipinski definition) is 4. The first-order valence-electron chi connectivity index (χ1n) is 11.5. The topological polar surface area (TPSA) is 41.6 Å². The molecule has 4 rings (SSSR count). The molecule has 1 amide bonds. The van der Waals surface area contributed by atoms with Crippen molar-refractivity contribution in [2.75, 3.05) is 32.0 Å². The van der Waals surface area contributed by atoms with Gasteiger partial charge in [0.25, 0.3) is 0 Å². The van der Waals surface area contributed by atoms with Crippen LogP contribution in [0.15, 0.2) is 0 Å². The smallest absolute Gasteiger partial charge is 0.223 e. The molecule has 0 aromatic rings. The van der Waals surface area contributed by atoms with Gasteiger partial charge in [-0.3, -0.25) is 9.69 Å². The third-order valence-corrected chi connectivity index (χ3v) is 8.73. The fraction of sp³-hybridized carbons (Fsp3) is 0.955. The number of nitrogens with zero attached hydrogens (tertiary/aromatic N) is 1. The van der Waals surface area contributed by atoms with Crippen LogP contribution in [0.5, 0.6) is 0 Å². The van der Waals surface area contributed by atoms with Crippen LogP contribution in [0.2, 0.25) is 0 Å². The summed E-state index contributed by atoms with van der Waals surface area (Å²) in [5.41, 5.74) is 0. The predicted octanol–water partition coefficient (Wildman–Crippen LogP) is 3.84. The van der Waals surface area contributed by atoms with Gasteiger partial charge in [-0.1, -0.05) is 19.3 Å². The van der Waals surface area contributed by atoms with E-state index in [1.54, 1.807) is 0 Å². The van der Waals surface area contributed by atoms with E-state index in [1.165, 1.54) is 63.8 Å². The Kier molecular flexibility index (Phi) is 7.40. The van der Waals surface area contributed by atoms with Gasteiger partial charge in [-0.25, -0.2) is 0 Å². The Labute approximate surface area is 169 Å². The van der Waals surface area contributed by atoms with Gasteiger partial charge in [0.1, 0.15) is 0 Å². The molecule has 0 spiro atoms. The minimum Gasteiger partial charge on any atom is -0.376 e. The summed E-state index contributed by atoms with van der Waals surface area (Å²) >= 11 is 2.24. The zero-order valence-electron chi connectivity index (χ0n) is 16.9. The molecule has 0 aromatic heterocycles. The van der Waals surface area contributed by atoms with Gasteiger partial charge in [0.2, 0.25) is 5.91 Å². The average Bonchev–Trinajstić information content (AvgIpc) is 3.15. The normalized spacial score (nSPS) is 38.1. The highest BCUT2D eigenvalue weighted by Gasteiger charge is 2.35. The molecule has 5 heteroatoms. The molecule has 0 aromatic carbocycles. The van der Waals surface area contributed by atoms with E-state index in [-0.39, 0.29) is 17.9 Å². The molecule has 4 fully saturated rings. The van der Waals surface area contributed by atoms with Gasteiger partial charge in [0.05, 0.1) is 6.10 Å². The van der Waals surface area contributed by atoms with Gasteiger partial charge in [-0.15, -0.1) is 0 Å². The summed E-state index contributed by atoms with van der Waals surface area (Å²) < 4.78 is 5.65. The zero-order chi connectivity index (χ0) is 18.5. The molecule has 2 saturated heterocycles. The van der Waals surface area contributed by atoms with E-state index < -0.39 is 0 Å². The zero-order valence-corrected chi connectivity index (χ0v) is 17.7. The first-order chi connectivity index (χ1) is 13.3. The van der Waals surface area contributed by atoms with Crippen LogP contribution in [-0.2, 0) is 9.53 Å². The Morgan fingerprint density at radius 2 is 1.96 bits per heavy atom. The van der Waals surface area contributed by atoms with Gasteiger partial charge in [-0.2, -0.15) is 11.8 Å². The number of rotatable bonds is 5. The van der Waals surface area contributed by atoms with Crippen molar-refractivity contribution >= 4 is 17.7 Å². The van der Waals surface area contributed by atoms with E-state index in [0.29, 0.717) is 12.5 Å². The van der Waals surface area contributed by atoms with Crippen molar-refractivity contribution in [2.45, 2.75) is 88.0 Å². The lowest BCUT2D eigenvalue weighted by molar-refractivity contribution is -0.127. The number of nitrogens with one attached hydrogen (secondary N) is 1. The Hall–Kier alpha value is -0.260. The third-order valence-electron chi connectivity index (χ3n) is 7.23. The van der Waals surface area contributed by atoms with Crippen LogP contribution in [-0.4, -0.2) is 60.2 Å². The second-order valence-corrected chi connectivity index (χ2v) is 10.6. The largest absolute Gasteiger partial charge is 0.376 e. The maximum atomic E-state index is 12.7. The lowest BCUT2D eigenvalue weighted by Gasteiger charge is -2.40. The Balaban J connectivity index is 1.27. The van der Waals surface area contributed by atoms with Gasteiger partial charge in [0.15, 0.2) is 0 Å². The van der Waals surface area contributed by atoms with Crippen molar-refractivity contribution in [1.29, 1.82) is 0 Å². The molecule has 0 radical (unpaired) electrons. The fourth-order valence-corrected chi connectivity index (χ4v) is 7.24. The second kappa shape index (κ2) is 9.98. The van der Waals surface area contributed by atoms with Gasteiger partial charge < -0.3 is 10.1 Å². The molecule has 5 atom stereocenters. The predicted molar refractivity (Wildman–Crippen MR) is 112 cm³/mol. The van der Waals surface area contributed by atoms with Crippen molar-refractivity contribution in [3.8, 4) is 0 Å². The van der Waals surface area contributed by atoms with E-state index >= 15 is 0 Å². The lowest BCUT2D eigenvalue weighted by Crippen LogP contribution is -2.46. The molecular formula is C22H38N2O2S. The Morgan fingerprint density at radius 1 is 1.04 bits per heavy atom. The van der Waals surface area contributed by atoms with Crippen molar-refractivity contribution < 1.29 is 9.53 Å². The summed E-state index contributed by atoms with van der Waals surface area (Å²) in [5.74, 6) is 2.57. The van der Waals surface area contributed by atoms with E-state index in [0.717, 1.165) is 43.6 Å². The van der Waals surface area contributed by atoms with Crippen LogP contribution in [0, 0.1) is 11.8 Å². The maximum Gasteiger partial charge on any atom is 0.223 e. The SMILES string of the molecule is O=C(NCC1CCCO1)C1CCCC(CN2CCCSC3CCCCC32)C1. The van der Waals surface area contributed by atoms with E-state index in [9.17, 15) is 4.79 Å². The molecular weight excluding hydrogens is 356 g/mol. The van der Waals surface area contributed by atoms with Gasteiger partial charge >= 0.3 is 0 Å². The molecule has 27 heavy (non-hydrogen) atoms. The van der Waals surface area contributed by atoms with Crippen molar-refractivity contribution in [2.24, 2.45) is 11.8 Å². The van der Waals surface area contributed by atoms with Crippen LogP contribution in [0.1, 0.15) is 70.6 Å². The number of amides is 1. The van der Waals surface area contributed by atoms with Gasteiger partial charge in [0, 0.05) is 36.9 Å². The van der Waals surface area contributed by atoms with Crippen LogP contribution in [0.25, 0.3) is 0 Å². The molecule has 154 valence electrons. The monoisotopic (exact) mass is 394 g/mol. The quantitative estimate of drug-likeness (QED) is 0.769. The molecule has 4 nitrogen and oxygen atoms in total. The van der Waals surface area contributed by atoms with Crippen LogP contribution < -0.4 is 5.32 Å². The molecule has 1 N–H and O–H groups in total. The standard InChI is InChI=1S/C22H38N2O2S/c25-22(23-15-19-8-4-12-26-19)18-7-3-6-17(14-18)16-24-11-5-13-27-21-10-2-1-9-20(21)24/h17-21H,1-16H2,(H,23,25). The maximum absolute atomic E-state index is 12.7. The summed E-state index contributed by atoms with van der Waals surface area (Å²) in [6.07, 6.45) is 14.2. The van der Waals surface area contributed by atoms with E-state index in [4.69, 9.17) is 4.74 Å². The number of thioether (sulfide) groups is 1. The summed E-state index contributed by atoms with van der Waals surface area (Å²) in [5, 5.41) is 4.06. The van der Waals surface area contributed by atoms with E-state index in [1.807, 2.05) is 0 Å². The first-order valence-corrected chi connectivity index (χ1v) is 12.6. The number of carbonyl (C=O) groups excluding carboxylic acids is 1. The summed E-state index contributed by atoms with van der Waals surface area (Å²) in [6.45, 7) is 4.09. The van der Waals surface area contributed by atoms with Crippen LogP contribution >= 0.6 is 11.8 Å². The fourth-order valence-electron chi connectivity index (χ4n) is 5.77. The van der Waals surface area contributed by atoms with Gasteiger partial charge in [-0.05, 0) is 69.6 Å². The molecule has 5 unspecified atom stereocenters. The minimum atomic E-state index is 0.230. The summed E-state index contributed by atoms with van der Waals surface area (Å²) in [4.78, 5) is 15.5. The third kappa shape index (κ3) is 5.42. The molecule has 2 saturated carbocycles. The number of ether oxygens (including phenoxy) is 1. The van der Waals surface area contributed by atoms with Crippen molar-refractivity contribution in [1.82, 2.24) is 10.2 Å². The highest BCUT2D eigenvalue weighted by Crippen LogP contribution is 2.37. The second-order valence-electron chi connectivity index (χ2n) is 9.22. The molecule has 0 bridgehead atoms. The van der Waals surface area contributed by atoms with Crippen LogP contribution in [0.4, 0.5) is 0 Å². The van der Waals surface area contributed by atoms with Crippen molar-refractivity contribution in [3.63, 3.8) is 0 Å². The van der Waals surface area contributed by atoms with Crippen LogP contribution in [0.3, 0.4) is 0 Å². The molecule has 2 aliphatic heterocycles. The first kappa shape index (κ1) is 20.0. The molecule has 2 aliphatic carbocycles. The highest BCUT2D eigenvalue weighted by atomic mass is 32.2. The average molecular weight is 395 g/mol. The number of hydrogen-bond donors (Lipinski definition) is 1. The minimum absolute atomic E-state index is 0.230. The molecule has 4 aliphatic rings. The van der Waals surface area contributed by atoms with Crippen molar-refractivity contribution in [3.05, 3.63) is 0 Å². The van der Waals surface area contributed by atoms with E-state index in [2.05, 4.69) is 22.0 Å². The highest BCUT2D eigenvalue weighted by molar-refractivity contribution is 7.99. The Bertz CT molecular complexity index is 483.